The van der Waals surface area contributed by atoms with Gasteiger partial charge < -0.3 is 9.88 Å². The molecule has 2 aromatic rings. The fourth-order valence-corrected chi connectivity index (χ4v) is 2.75. The van der Waals surface area contributed by atoms with Gasteiger partial charge in [-0.3, -0.25) is 0 Å². The van der Waals surface area contributed by atoms with E-state index in [0.717, 1.165) is 17.4 Å². The van der Waals surface area contributed by atoms with E-state index in [1.165, 1.54) is 24.8 Å². The van der Waals surface area contributed by atoms with Crippen LogP contribution in [-0.4, -0.2) is 10.6 Å². The monoisotopic (exact) mass is 260 g/mol. The van der Waals surface area contributed by atoms with Crippen LogP contribution >= 0.6 is 0 Å². The van der Waals surface area contributed by atoms with Gasteiger partial charge in [-0.1, -0.05) is 18.6 Å². The molecule has 1 saturated carbocycles. The molecule has 102 valence electrons. The number of aromatic nitrogens is 1. The quantitative estimate of drug-likeness (QED) is 0.879. The SMILES string of the molecule is CC(C)n1cc(CNC2CCC2)c2cccc(F)c21. The number of hydrogen-bond donors (Lipinski definition) is 1. The van der Waals surface area contributed by atoms with Gasteiger partial charge in [0.15, 0.2) is 0 Å². The average molecular weight is 260 g/mol. The third-order valence-electron chi connectivity index (χ3n) is 4.13. The lowest BCUT2D eigenvalue weighted by Crippen LogP contribution is -2.34. The van der Waals surface area contributed by atoms with Crippen LogP contribution in [0.25, 0.3) is 10.9 Å². The van der Waals surface area contributed by atoms with Crippen LogP contribution in [0, 0.1) is 5.82 Å². The highest BCUT2D eigenvalue weighted by Crippen LogP contribution is 2.27. The summed E-state index contributed by atoms with van der Waals surface area (Å²) in [5.41, 5.74) is 1.94. The molecule has 0 atom stereocenters. The van der Waals surface area contributed by atoms with Crippen molar-refractivity contribution >= 4 is 10.9 Å². The van der Waals surface area contributed by atoms with Gasteiger partial charge >= 0.3 is 0 Å². The number of rotatable bonds is 4. The van der Waals surface area contributed by atoms with E-state index in [1.807, 2.05) is 10.6 Å². The Morgan fingerprint density at radius 2 is 2.16 bits per heavy atom. The Balaban J connectivity index is 1.96. The highest BCUT2D eigenvalue weighted by atomic mass is 19.1. The molecule has 0 unspecified atom stereocenters. The summed E-state index contributed by atoms with van der Waals surface area (Å²) in [6, 6.07) is 6.30. The molecule has 1 heterocycles. The smallest absolute Gasteiger partial charge is 0.147 e. The normalized spacial score (nSPS) is 16.2. The van der Waals surface area contributed by atoms with Crippen LogP contribution in [0.5, 0.6) is 0 Å². The zero-order valence-corrected chi connectivity index (χ0v) is 11.6. The van der Waals surface area contributed by atoms with Gasteiger partial charge in [0.2, 0.25) is 0 Å². The van der Waals surface area contributed by atoms with Crippen molar-refractivity contribution in [3.8, 4) is 0 Å². The lowest BCUT2D eigenvalue weighted by molar-refractivity contribution is 0.338. The molecule has 1 fully saturated rings. The zero-order chi connectivity index (χ0) is 13.4. The molecular weight excluding hydrogens is 239 g/mol. The molecule has 1 aliphatic rings. The van der Waals surface area contributed by atoms with Crippen molar-refractivity contribution in [1.82, 2.24) is 9.88 Å². The molecule has 2 nitrogen and oxygen atoms in total. The molecular formula is C16H21FN2. The van der Waals surface area contributed by atoms with Gasteiger partial charge in [-0.15, -0.1) is 0 Å². The summed E-state index contributed by atoms with van der Waals surface area (Å²) < 4.78 is 16.1. The average Bonchev–Trinajstić information content (AvgIpc) is 2.68. The summed E-state index contributed by atoms with van der Waals surface area (Å²) in [4.78, 5) is 0. The predicted octanol–water partition coefficient (Wildman–Crippen LogP) is 4.00. The molecule has 19 heavy (non-hydrogen) atoms. The number of para-hydroxylation sites is 1. The van der Waals surface area contributed by atoms with E-state index < -0.39 is 0 Å². The Kier molecular flexibility index (Phi) is 3.31. The maximum Gasteiger partial charge on any atom is 0.147 e. The van der Waals surface area contributed by atoms with Crippen molar-refractivity contribution < 1.29 is 4.39 Å². The van der Waals surface area contributed by atoms with Gasteiger partial charge in [0.1, 0.15) is 5.82 Å². The zero-order valence-electron chi connectivity index (χ0n) is 11.6. The van der Waals surface area contributed by atoms with E-state index in [0.29, 0.717) is 6.04 Å². The number of fused-ring (bicyclic) bond motifs is 1. The van der Waals surface area contributed by atoms with E-state index in [1.54, 1.807) is 12.1 Å². The van der Waals surface area contributed by atoms with E-state index in [-0.39, 0.29) is 11.9 Å². The third-order valence-corrected chi connectivity index (χ3v) is 4.13. The molecule has 0 aliphatic heterocycles. The van der Waals surface area contributed by atoms with Crippen LogP contribution in [0.1, 0.15) is 44.7 Å². The first-order valence-corrected chi connectivity index (χ1v) is 7.18. The number of hydrogen-bond acceptors (Lipinski definition) is 1. The first kappa shape index (κ1) is 12.7. The van der Waals surface area contributed by atoms with Gasteiger partial charge in [-0.2, -0.15) is 0 Å². The van der Waals surface area contributed by atoms with E-state index >= 15 is 0 Å². The van der Waals surface area contributed by atoms with Crippen molar-refractivity contribution in [3.63, 3.8) is 0 Å². The van der Waals surface area contributed by atoms with Crippen LogP contribution < -0.4 is 5.32 Å². The molecule has 0 bridgehead atoms. The van der Waals surface area contributed by atoms with Crippen molar-refractivity contribution in [2.45, 2.75) is 51.7 Å². The fourth-order valence-electron chi connectivity index (χ4n) is 2.75. The second-order valence-corrected chi connectivity index (χ2v) is 5.80. The summed E-state index contributed by atoms with van der Waals surface area (Å²) in [5, 5.41) is 4.61. The van der Waals surface area contributed by atoms with Crippen molar-refractivity contribution in [3.05, 3.63) is 35.8 Å². The Morgan fingerprint density at radius 1 is 1.37 bits per heavy atom. The first-order valence-electron chi connectivity index (χ1n) is 7.18. The minimum absolute atomic E-state index is 0.124. The lowest BCUT2D eigenvalue weighted by atomic mass is 9.93. The van der Waals surface area contributed by atoms with Gasteiger partial charge in [0, 0.05) is 30.2 Å². The minimum Gasteiger partial charge on any atom is -0.342 e. The van der Waals surface area contributed by atoms with Crippen LogP contribution in [-0.2, 0) is 6.54 Å². The van der Waals surface area contributed by atoms with Crippen LogP contribution in [0.3, 0.4) is 0 Å². The maximum absolute atomic E-state index is 14.1. The Morgan fingerprint density at radius 3 is 2.79 bits per heavy atom. The number of halogens is 1. The molecule has 1 aromatic heterocycles. The van der Waals surface area contributed by atoms with Crippen LogP contribution in [0.4, 0.5) is 4.39 Å². The third kappa shape index (κ3) is 2.27. The predicted molar refractivity (Wildman–Crippen MR) is 76.8 cm³/mol. The Hall–Kier alpha value is -1.35. The summed E-state index contributed by atoms with van der Waals surface area (Å²) in [5.74, 6) is -0.124. The second kappa shape index (κ2) is 4.97. The van der Waals surface area contributed by atoms with Gasteiger partial charge in [-0.25, -0.2) is 4.39 Å². The lowest BCUT2D eigenvalue weighted by Gasteiger charge is -2.26. The molecule has 3 rings (SSSR count). The molecule has 1 N–H and O–H groups in total. The van der Waals surface area contributed by atoms with Crippen molar-refractivity contribution in [2.75, 3.05) is 0 Å². The molecule has 1 aromatic carbocycles. The minimum atomic E-state index is -0.124. The van der Waals surface area contributed by atoms with E-state index in [4.69, 9.17) is 0 Å². The van der Waals surface area contributed by atoms with E-state index in [2.05, 4.69) is 25.4 Å². The molecule has 1 aliphatic carbocycles. The molecule has 0 spiro atoms. The van der Waals surface area contributed by atoms with Crippen LogP contribution in [0.2, 0.25) is 0 Å². The maximum atomic E-state index is 14.1. The summed E-state index contributed by atoms with van der Waals surface area (Å²) in [7, 11) is 0. The molecule has 0 amide bonds. The van der Waals surface area contributed by atoms with Gasteiger partial charge in [-0.05, 0) is 38.3 Å². The van der Waals surface area contributed by atoms with Gasteiger partial charge in [0.25, 0.3) is 0 Å². The highest BCUT2D eigenvalue weighted by molar-refractivity contribution is 5.84. The summed E-state index contributed by atoms with van der Waals surface area (Å²) in [6.07, 6.45) is 5.98. The number of benzene rings is 1. The largest absolute Gasteiger partial charge is 0.342 e. The van der Waals surface area contributed by atoms with E-state index in [9.17, 15) is 4.39 Å². The van der Waals surface area contributed by atoms with Crippen molar-refractivity contribution in [1.29, 1.82) is 0 Å². The molecule has 0 saturated heterocycles. The highest BCUT2D eigenvalue weighted by Gasteiger charge is 2.18. The fraction of sp³-hybridized carbons (Fsp3) is 0.500. The summed E-state index contributed by atoms with van der Waals surface area (Å²) in [6.45, 7) is 5.02. The second-order valence-electron chi connectivity index (χ2n) is 5.80. The number of nitrogens with zero attached hydrogens (tertiary/aromatic N) is 1. The standard InChI is InChI=1S/C16H21FN2/c1-11(2)19-10-12(9-18-13-5-3-6-13)14-7-4-8-15(17)16(14)19/h4,7-8,10-11,13,18H,3,5-6,9H2,1-2H3. The molecule has 0 radical (unpaired) electrons. The Bertz CT molecular complexity index is 582. The summed E-state index contributed by atoms with van der Waals surface area (Å²) >= 11 is 0. The topological polar surface area (TPSA) is 17.0 Å². The first-order chi connectivity index (χ1) is 9.16. The van der Waals surface area contributed by atoms with Crippen molar-refractivity contribution in [2.24, 2.45) is 0 Å². The molecule has 3 heteroatoms. The van der Waals surface area contributed by atoms with Gasteiger partial charge in [0.05, 0.1) is 5.52 Å². The van der Waals surface area contributed by atoms with Crippen LogP contribution in [0.15, 0.2) is 24.4 Å². The number of nitrogens with one attached hydrogen (secondary N) is 1. The Labute approximate surface area is 113 Å².